The van der Waals surface area contributed by atoms with E-state index in [2.05, 4.69) is 13.0 Å². The minimum atomic E-state index is -0.356. The number of amides is 1. The zero-order valence-corrected chi connectivity index (χ0v) is 13.0. The van der Waals surface area contributed by atoms with Crippen LogP contribution in [0.4, 0.5) is 5.69 Å². The molecule has 3 nitrogen and oxygen atoms in total. The van der Waals surface area contributed by atoms with Gasteiger partial charge in [-0.3, -0.25) is 4.79 Å². The van der Waals surface area contributed by atoms with Gasteiger partial charge in [-0.05, 0) is 48.3 Å². The highest BCUT2D eigenvalue weighted by Crippen LogP contribution is 2.38. The molecule has 0 aromatic heterocycles. The van der Waals surface area contributed by atoms with Crippen LogP contribution < -0.4 is 4.90 Å². The molecule has 1 aromatic carbocycles. The molecule has 1 fully saturated rings. The maximum atomic E-state index is 11.7. The van der Waals surface area contributed by atoms with Crippen LogP contribution in [-0.4, -0.2) is 18.1 Å². The lowest BCUT2D eigenvalue weighted by Gasteiger charge is -2.31. The zero-order chi connectivity index (χ0) is 15.0. The first-order valence-electron chi connectivity index (χ1n) is 8.13. The molecule has 1 aromatic rings. The van der Waals surface area contributed by atoms with Crippen LogP contribution in [0, 0.1) is 11.8 Å². The second-order valence-electron chi connectivity index (χ2n) is 6.81. The molecule has 0 radical (unpaired) electrons. The molecule has 1 unspecified atom stereocenters. The Morgan fingerprint density at radius 1 is 1.19 bits per heavy atom. The molecular formula is C18H25NO2. The van der Waals surface area contributed by atoms with Crippen LogP contribution in [0.5, 0.6) is 0 Å². The van der Waals surface area contributed by atoms with Crippen molar-refractivity contribution in [3.8, 4) is 0 Å². The number of benzene rings is 1. The minimum Gasteiger partial charge on any atom is -0.388 e. The molecule has 114 valence electrons. The molecule has 0 bridgehead atoms. The first-order valence-corrected chi connectivity index (χ1v) is 8.13. The molecule has 21 heavy (non-hydrogen) atoms. The molecule has 3 rings (SSSR count). The summed E-state index contributed by atoms with van der Waals surface area (Å²) in [6.45, 7) is 2.30. The zero-order valence-electron chi connectivity index (χ0n) is 13.0. The van der Waals surface area contributed by atoms with Gasteiger partial charge >= 0.3 is 0 Å². The van der Waals surface area contributed by atoms with Gasteiger partial charge in [0.05, 0.1) is 6.10 Å². The van der Waals surface area contributed by atoms with E-state index in [1.54, 1.807) is 4.90 Å². The lowest BCUT2D eigenvalue weighted by atomic mass is 9.78. The number of aryl methyl sites for hydroxylation is 1. The Labute approximate surface area is 127 Å². The maximum absolute atomic E-state index is 11.7. The van der Waals surface area contributed by atoms with E-state index in [0.717, 1.165) is 36.4 Å². The summed E-state index contributed by atoms with van der Waals surface area (Å²) in [6, 6.07) is 6.11. The van der Waals surface area contributed by atoms with E-state index in [0.29, 0.717) is 12.3 Å². The highest BCUT2D eigenvalue weighted by molar-refractivity contribution is 5.95. The molecular weight excluding hydrogens is 262 g/mol. The summed E-state index contributed by atoms with van der Waals surface area (Å²) in [5.41, 5.74) is 3.22. The summed E-state index contributed by atoms with van der Waals surface area (Å²) in [5, 5.41) is 10.7. The summed E-state index contributed by atoms with van der Waals surface area (Å²) in [6.07, 6.45) is 5.71. The molecule has 1 saturated carbocycles. The Bertz CT molecular complexity index is 532. The van der Waals surface area contributed by atoms with E-state index < -0.39 is 0 Å². The molecule has 1 atom stereocenters. The molecule has 0 spiro atoms. The number of aliphatic hydroxyl groups is 1. The van der Waals surface area contributed by atoms with E-state index >= 15 is 0 Å². The number of fused-ring (bicyclic) bond motifs is 1. The van der Waals surface area contributed by atoms with Crippen LogP contribution in [0.2, 0.25) is 0 Å². The molecule has 1 heterocycles. The van der Waals surface area contributed by atoms with Gasteiger partial charge < -0.3 is 10.0 Å². The third-order valence-electron chi connectivity index (χ3n) is 5.30. The summed E-state index contributed by atoms with van der Waals surface area (Å²) < 4.78 is 0. The van der Waals surface area contributed by atoms with Gasteiger partial charge in [-0.15, -0.1) is 0 Å². The SMILES string of the molecule is CC1CCC(C(O)c2ccc3c(c2)CCC(=O)N3C)CC1. The van der Waals surface area contributed by atoms with Crippen molar-refractivity contribution >= 4 is 11.6 Å². The van der Waals surface area contributed by atoms with Gasteiger partial charge in [0.2, 0.25) is 5.91 Å². The number of carbonyl (C=O) groups is 1. The lowest BCUT2D eigenvalue weighted by Crippen LogP contribution is -2.31. The Morgan fingerprint density at radius 2 is 1.90 bits per heavy atom. The quantitative estimate of drug-likeness (QED) is 0.905. The van der Waals surface area contributed by atoms with Gasteiger partial charge in [-0.25, -0.2) is 0 Å². The third-order valence-corrected chi connectivity index (χ3v) is 5.30. The van der Waals surface area contributed by atoms with Crippen LogP contribution in [-0.2, 0) is 11.2 Å². The molecule has 1 aliphatic carbocycles. The summed E-state index contributed by atoms with van der Waals surface area (Å²) in [7, 11) is 1.83. The van der Waals surface area contributed by atoms with Crippen molar-refractivity contribution in [2.24, 2.45) is 11.8 Å². The summed E-state index contributed by atoms with van der Waals surface area (Å²) in [4.78, 5) is 13.5. The van der Waals surface area contributed by atoms with Gasteiger partial charge in [-0.2, -0.15) is 0 Å². The fourth-order valence-corrected chi connectivity index (χ4v) is 3.73. The summed E-state index contributed by atoms with van der Waals surface area (Å²) >= 11 is 0. The van der Waals surface area contributed by atoms with E-state index in [1.165, 1.54) is 18.4 Å². The van der Waals surface area contributed by atoms with Crippen LogP contribution in [0.25, 0.3) is 0 Å². The fraction of sp³-hybridized carbons (Fsp3) is 0.611. The average molecular weight is 287 g/mol. The minimum absolute atomic E-state index is 0.178. The van der Waals surface area contributed by atoms with E-state index in [1.807, 2.05) is 19.2 Å². The Kier molecular flexibility index (Phi) is 4.03. The van der Waals surface area contributed by atoms with Crippen LogP contribution in [0.15, 0.2) is 18.2 Å². The topological polar surface area (TPSA) is 40.5 Å². The number of carbonyl (C=O) groups excluding carboxylic acids is 1. The number of hydrogen-bond donors (Lipinski definition) is 1. The van der Waals surface area contributed by atoms with Crippen molar-refractivity contribution in [1.29, 1.82) is 0 Å². The van der Waals surface area contributed by atoms with Crippen molar-refractivity contribution in [3.63, 3.8) is 0 Å². The van der Waals surface area contributed by atoms with Crippen molar-refractivity contribution in [3.05, 3.63) is 29.3 Å². The number of nitrogens with zero attached hydrogens (tertiary/aromatic N) is 1. The predicted octanol–water partition coefficient (Wildman–Crippen LogP) is 3.46. The summed E-state index contributed by atoms with van der Waals surface area (Å²) in [5.74, 6) is 1.37. The third kappa shape index (κ3) is 2.84. The number of rotatable bonds is 2. The van der Waals surface area contributed by atoms with Crippen LogP contribution in [0.3, 0.4) is 0 Å². The lowest BCUT2D eigenvalue weighted by molar-refractivity contribution is -0.118. The second-order valence-corrected chi connectivity index (χ2v) is 6.81. The number of hydrogen-bond acceptors (Lipinski definition) is 2. The normalized spacial score (nSPS) is 27.4. The number of anilines is 1. The monoisotopic (exact) mass is 287 g/mol. The Hall–Kier alpha value is -1.35. The van der Waals surface area contributed by atoms with Gasteiger partial charge in [0.25, 0.3) is 0 Å². The molecule has 0 saturated heterocycles. The fourth-order valence-electron chi connectivity index (χ4n) is 3.73. The molecule has 1 amide bonds. The average Bonchev–Trinajstić information content (AvgIpc) is 2.51. The highest BCUT2D eigenvalue weighted by atomic mass is 16.3. The standard InChI is InChI=1S/C18H25NO2/c1-12-3-5-13(6-4-12)18(21)15-7-9-16-14(11-15)8-10-17(20)19(16)2/h7,9,11-13,18,21H,3-6,8,10H2,1-2H3. The Morgan fingerprint density at radius 3 is 2.62 bits per heavy atom. The largest absolute Gasteiger partial charge is 0.388 e. The van der Waals surface area contributed by atoms with E-state index in [-0.39, 0.29) is 12.0 Å². The van der Waals surface area contributed by atoms with Crippen molar-refractivity contribution in [1.82, 2.24) is 0 Å². The van der Waals surface area contributed by atoms with Gasteiger partial charge in [-0.1, -0.05) is 31.9 Å². The molecule has 2 aliphatic rings. The Balaban J connectivity index is 1.79. The van der Waals surface area contributed by atoms with Gasteiger partial charge in [0.1, 0.15) is 0 Å². The maximum Gasteiger partial charge on any atom is 0.227 e. The highest BCUT2D eigenvalue weighted by Gasteiger charge is 2.27. The van der Waals surface area contributed by atoms with Crippen LogP contribution >= 0.6 is 0 Å². The van der Waals surface area contributed by atoms with E-state index in [4.69, 9.17) is 0 Å². The van der Waals surface area contributed by atoms with Crippen molar-refractivity contribution in [2.45, 2.75) is 51.6 Å². The van der Waals surface area contributed by atoms with Crippen molar-refractivity contribution in [2.75, 3.05) is 11.9 Å². The smallest absolute Gasteiger partial charge is 0.227 e. The van der Waals surface area contributed by atoms with Gasteiger partial charge in [0, 0.05) is 19.2 Å². The van der Waals surface area contributed by atoms with Crippen molar-refractivity contribution < 1.29 is 9.90 Å². The predicted molar refractivity (Wildman–Crippen MR) is 84.3 cm³/mol. The van der Waals surface area contributed by atoms with Gasteiger partial charge in [0.15, 0.2) is 0 Å². The van der Waals surface area contributed by atoms with E-state index in [9.17, 15) is 9.90 Å². The first-order chi connectivity index (χ1) is 10.1. The first kappa shape index (κ1) is 14.6. The van der Waals surface area contributed by atoms with Crippen LogP contribution in [0.1, 0.15) is 56.3 Å². The second kappa shape index (κ2) is 5.80. The number of aliphatic hydroxyl groups excluding tert-OH is 1. The molecule has 1 aliphatic heterocycles. The molecule has 3 heteroatoms. The molecule has 1 N–H and O–H groups in total.